The first-order valence-corrected chi connectivity index (χ1v) is 11.0. The summed E-state index contributed by atoms with van der Waals surface area (Å²) in [6, 6.07) is 5.49. The molecular formula is C20H17N5O2S2. The van der Waals surface area contributed by atoms with Gasteiger partial charge in [-0.1, -0.05) is 0 Å². The molecule has 0 aliphatic carbocycles. The highest BCUT2D eigenvalue weighted by molar-refractivity contribution is 7.13. The van der Waals surface area contributed by atoms with E-state index >= 15 is 0 Å². The van der Waals surface area contributed by atoms with Crippen molar-refractivity contribution in [2.45, 2.75) is 0 Å². The number of rotatable bonds is 4. The standard InChI is InChI=1S/C20H17N5O2S2/c26-19(16-2-1-9-27-16)24-5-7-25(8-6-24)20-22-12-15(14-3-10-28-13-14)17(23-20)18-21-4-11-29-18/h1-4,9-13H,5-8H2. The highest BCUT2D eigenvalue weighted by Crippen LogP contribution is 2.33. The molecule has 4 aromatic heterocycles. The molecule has 0 spiro atoms. The fourth-order valence-corrected chi connectivity index (χ4v) is 4.62. The molecule has 0 bridgehead atoms. The quantitative estimate of drug-likeness (QED) is 0.496. The van der Waals surface area contributed by atoms with Crippen molar-refractivity contribution in [3.63, 3.8) is 0 Å². The van der Waals surface area contributed by atoms with Gasteiger partial charge >= 0.3 is 0 Å². The van der Waals surface area contributed by atoms with Crippen molar-refractivity contribution in [1.29, 1.82) is 0 Å². The van der Waals surface area contributed by atoms with E-state index in [4.69, 9.17) is 9.40 Å². The highest BCUT2D eigenvalue weighted by Gasteiger charge is 2.25. The Morgan fingerprint density at radius 3 is 2.69 bits per heavy atom. The summed E-state index contributed by atoms with van der Waals surface area (Å²) in [5, 5.41) is 6.97. The number of nitrogens with zero attached hydrogens (tertiary/aromatic N) is 5. The lowest BCUT2D eigenvalue weighted by molar-refractivity contribution is 0.0714. The van der Waals surface area contributed by atoms with Crippen molar-refractivity contribution in [3.8, 4) is 21.8 Å². The number of thiazole rings is 1. The van der Waals surface area contributed by atoms with Crippen molar-refractivity contribution < 1.29 is 9.21 Å². The van der Waals surface area contributed by atoms with Gasteiger partial charge in [-0.3, -0.25) is 4.79 Å². The third-order valence-corrected chi connectivity index (χ3v) is 6.29. The number of carbonyl (C=O) groups is 1. The lowest BCUT2D eigenvalue weighted by Crippen LogP contribution is -2.49. The smallest absolute Gasteiger partial charge is 0.289 e. The number of furan rings is 1. The predicted molar refractivity (Wildman–Crippen MR) is 113 cm³/mol. The molecule has 9 heteroatoms. The lowest BCUT2D eigenvalue weighted by atomic mass is 10.1. The van der Waals surface area contributed by atoms with Gasteiger partial charge in [-0.2, -0.15) is 11.3 Å². The van der Waals surface area contributed by atoms with Crippen LogP contribution in [0.5, 0.6) is 0 Å². The number of piperazine rings is 1. The molecule has 4 aromatic rings. The molecule has 1 saturated heterocycles. The van der Waals surface area contributed by atoms with E-state index in [1.165, 1.54) is 6.26 Å². The molecule has 0 N–H and O–H groups in total. The summed E-state index contributed by atoms with van der Waals surface area (Å²) in [6.07, 6.45) is 5.19. The van der Waals surface area contributed by atoms with Gasteiger partial charge in [0.05, 0.1) is 6.26 Å². The van der Waals surface area contributed by atoms with Gasteiger partial charge in [0, 0.05) is 49.5 Å². The minimum atomic E-state index is -0.0770. The normalized spacial score (nSPS) is 14.3. The van der Waals surface area contributed by atoms with Crippen molar-refractivity contribution in [2.24, 2.45) is 0 Å². The molecular weight excluding hydrogens is 406 g/mol. The molecule has 7 nitrogen and oxygen atoms in total. The molecule has 0 unspecified atom stereocenters. The first-order chi connectivity index (χ1) is 14.3. The van der Waals surface area contributed by atoms with Gasteiger partial charge in [-0.05, 0) is 34.5 Å². The zero-order valence-electron chi connectivity index (χ0n) is 15.4. The van der Waals surface area contributed by atoms with Crippen molar-refractivity contribution in [1.82, 2.24) is 19.9 Å². The van der Waals surface area contributed by atoms with Crippen LogP contribution in [0.2, 0.25) is 0 Å². The number of hydrogen-bond donors (Lipinski definition) is 0. The van der Waals surface area contributed by atoms with Crippen molar-refractivity contribution >= 4 is 34.5 Å². The maximum atomic E-state index is 12.5. The van der Waals surface area contributed by atoms with Crippen molar-refractivity contribution in [2.75, 3.05) is 31.1 Å². The second kappa shape index (κ2) is 7.76. The van der Waals surface area contributed by atoms with Crippen LogP contribution in [0.15, 0.2) is 57.4 Å². The number of hydrogen-bond acceptors (Lipinski definition) is 8. The Hall–Kier alpha value is -3.04. The van der Waals surface area contributed by atoms with Crippen LogP contribution in [-0.4, -0.2) is 51.9 Å². The maximum Gasteiger partial charge on any atom is 0.289 e. The molecule has 0 saturated carbocycles. The van der Waals surface area contributed by atoms with E-state index in [1.807, 2.05) is 17.0 Å². The molecule has 1 fully saturated rings. The zero-order valence-corrected chi connectivity index (χ0v) is 17.0. The van der Waals surface area contributed by atoms with Crippen molar-refractivity contribution in [3.05, 3.63) is 58.8 Å². The molecule has 29 heavy (non-hydrogen) atoms. The summed E-state index contributed by atoms with van der Waals surface area (Å²) in [4.78, 5) is 30.3. The van der Waals surface area contributed by atoms with E-state index in [0.29, 0.717) is 37.9 Å². The van der Waals surface area contributed by atoms with Crippen LogP contribution in [0, 0.1) is 0 Å². The van der Waals surface area contributed by atoms with Gasteiger partial charge in [0.25, 0.3) is 5.91 Å². The molecule has 0 atom stereocenters. The van der Waals surface area contributed by atoms with Crippen LogP contribution in [0.3, 0.4) is 0 Å². The third kappa shape index (κ3) is 3.54. The van der Waals surface area contributed by atoms with Gasteiger partial charge < -0.3 is 14.2 Å². The first-order valence-electron chi connectivity index (χ1n) is 9.17. The van der Waals surface area contributed by atoms with Gasteiger partial charge in [0.1, 0.15) is 10.7 Å². The van der Waals surface area contributed by atoms with Crippen LogP contribution < -0.4 is 4.90 Å². The summed E-state index contributed by atoms with van der Waals surface area (Å²) in [6.45, 7) is 2.53. The molecule has 5 heterocycles. The second-order valence-corrected chi connectivity index (χ2v) is 8.21. The van der Waals surface area contributed by atoms with Gasteiger partial charge in [0.15, 0.2) is 5.76 Å². The Morgan fingerprint density at radius 1 is 1.10 bits per heavy atom. The minimum Gasteiger partial charge on any atom is -0.459 e. The molecule has 1 aliphatic heterocycles. The van der Waals surface area contributed by atoms with Crippen LogP contribution in [0.25, 0.3) is 21.8 Å². The van der Waals surface area contributed by atoms with E-state index in [2.05, 4.69) is 26.3 Å². The summed E-state index contributed by atoms with van der Waals surface area (Å²) >= 11 is 3.21. The SMILES string of the molecule is O=C(c1ccco1)N1CCN(c2ncc(-c3ccsc3)c(-c3nccs3)n2)CC1. The Kier molecular flexibility index (Phi) is 4.82. The molecule has 0 radical (unpaired) electrons. The summed E-state index contributed by atoms with van der Waals surface area (Å²) in [5.41, 5.74) is 2.93. The molecule has 0 aromatic carbocycles. The maximum absolute atomic E-state index is 12.5. The summed E-state index contributed by atoms with van der Waals surface area (Å²) in [7, 11) is 0. The van der Waals surface area contributed by atoms with Gasteiger partial charge in [-0.25, -0.2) is 15.0 Å². The van der Waals surface area contributed by atoms with Crippen LogP contribution in [0.1, 0.15) is 10.6 Å². The largest absolute Gasteiger partial charge is 0.459 e. The Balaban J connectivity index is 1.38. The summed E-state index contributed by atoms with van der Waals surface area (Å²) in [5.74, 6) is 0.965. The highest BCUT2D eigenvalue weighted by atomic mass is 32.1. The average molecular weight is 424 g/mol. The number of amides is 1. The lowest BCUT2D eigenvalue weighted by Gasteiger charge is -2.34. The van der Waals surface area contributed by atoms with E-state index in [1.54, 1.807) is 45.9 Å². The van der Waals surface area contributed by atoms with Crippen LogP contribution in [0.4, 0.5) is 5.95 Å². The first kappa shape index (κ1) is 18.0. The zero-order chi connectivity index (χ0) is 19.6. The van der Waals surface area contributed by atoms with E-state index < -0.39 is 0 Å². The number of thiophene rings is 1. The van der Waals surface area contributed by atoms with E-state index in [0.717, 1.165) is 21.8 Å². The fourth-order valence-electron chi connectivity index (χ4n) is 3.32. The molecule has 146 valence electrons. The Labute approximate surface area is 175 Å². The number of anilines is 1. The van der Waals surface area contributed by atoms with Gasteiger partial charge in [-0.15, -0.1) is 11.3 Å². The third-order valence-electron chi connectivity index (χ3n) is 4.82. The minimum absolute atomic E-state index is 0.0770. The molecule has 1 aliphatic rings. The molecule has 1 amide bonds. The van der Waals surface area contributed by atoms with E-state index in [-0.39, 0.29) is 5.91 Å². The predicted octanol–water partition coefficient (Wildman–Crippen LogP) is 3.88. The van der Waals surface area contributed by atoms with E-state index in [9.17, 15) is 4.79 Å². The number of aromatic nitrogens is 3. The summed E-state index contributed by atoms with van der Waals surface area (Å²) < 4.78 is 5.23. The second-order valence-electron chi connectivity index (χ2n) is 6.54. The fraction of sp³-hybridized carbons (Fsp3) is 0.200. The Morgan fingerprint density at radius 2 is 2.00 bits per heavy atom. The van der Waals surface area contributed by atoms with Gasteiger partial charge in [0.2, 0.25) is 5.95 Å². The molecule has 5 rings (SSSR count). The Bertz CT molecular complexity index is 1090. The average Bonchev–Trinajstić information content (AvgIpc) is 3.56. The van der Waals surface area contributed by atoms with Crippen LogP contribution in [-0.2, 0) is 0 Å². The topological polar surface area (TPSA) is 75.4 Å². The van der Waals surface area contributed by atoms with Crippen LogP contribution >= 0.6 is 22.7 Å². The number of carbonyl (C=O) groups excluding carboxylic acids is 1. The monoisotopic (exact) mass is 423 g/mol.